The fraction of sp³-hybridized carbons (Fsp3) is 0.167. The van der Waals surface area contributed by atoms with Crippen LogP contribution in [0.1, 0.15) is 11.1 Å². The lowest BCUT2D eigenvalue weighted by atomic mass is 9.91. The molecule has 1 N–H and O–H groups in total. The van der Waals surface area contributed by atoms with Crippen LogP contribution in [0.25, 0.3) is 5.57 Å². The Morgan fingerprint density at radius 1 is 0.750 bits per heavy atom. The molecular formula is C24H26N2S2. The first kappa shape index (κ1) is 19.0. The van der Waals surface area contributed by atoms with Gasteiger partial charge in [0.05, 0.1) is 11.4 Å². The van der Waals surface area contributed by atoms with E-state index in [1.54, 1.807) is 11.8 Å². The molecule has 4 rings (SSSR count). The van der Waals surface area contributed by atoms with Gasteiger partial charge >= 0.3 is 0 Å². The first-order valence-electron chi connectivity index (χ1n) is 9.23. The Labute approximate surface area is 172 Å². The standard InChI is InChI=1S/C24H26N2S2/c1-27-24(28(2,3,4)25)23-19-14-8-10-16-21(19)26(18-12-6-5-7-13-18)22-17-11-9-15-20(22)23/h5-17,25H,1-4H3. The van der Waals surface area contributed by atoms with Gasteiger partial charge in [-0.05, 0) is 49.3 Å². The average Bonchev–Trinajstić information content (AvgIpc) is 2.67. The zero-order valence-corrected chi connectivity index (χ0v) is 18.4. The van der Waals surface area contributed by atoms with Crippen molar-refractivity contribution in [3.63, 3.8) is 0 Å². The molecule has 0 saturated carbocycles. The molecule has 3 aromatic rings. The first-order chi connectivity index (χ1) is 13.3. The summed E-state index contributed by atoms with van der Waals surface area (Å²) in [6.07, 6.45) is 8.42. The van der Waals surface area contributed by atoms with E-state index >= 15 is 0 Å². The lowest BCUT2D eigenvalue weighted by Gasteiger charge is -2.41. The number of hydrogen-bond donors (Lipinski definition) is 1. The molecule has 0 amide bonds. The zero-order chi connectivity index (χ0) is 20.0. The van der Waals surface area contributed by atoms with Gasteiger partial charge in [-0.2, -0.15) is 8.96 Å². The largest absolute Gasteiger partial charge is 0.309 e. The average molecular weight is 407 g/mol. The molecule has 0 spiro atoms. The second-order valence-corrected chi connectivity index (χ2v) is 14.7. The number of anilines is 3. The summed E-state index contributed by atoms with van der Waals surface area (Å²) in [7, 11) is -2.44. The van der Waals surface area contributed by atoms with Gasteiger partial charge in [-0.3, -0.25) is 4.78 Å². The van der Waals surface area contributed by atoms with Crippen LogP contribution in [-0.4, -0.2) is 25.0 Å². The van der Waals surface area contributed by atoms with E-state index in [9.17, 15) is 4.78 Å². The molecule has 0 bridgehead atoms. The van der Waals surface area contributed by atoms with Crippen LogP contribution in [0.4, 0.5) is 17.1 Å². The van der Waals surface area contributed by atoms with Gasteiger partial charge in [0.15, 0.2) is 0 Å². The van der Waals surface area contributed by atoms with Gasteiger partial charge in [0.1, 0.15) is 0 Å². The Kier molecular flexibility index (Phi) is 4.52. The summed E-state index contributed by atoms with van der Waals surface area (Å²) >= 11 is 1.73. The van der Waals surface area contributed by atoms with E-state index in [1.165, 1.54) is 32.3 Å². The van der Waals surface area contributed by atoms with E-state index in [4.69, 9.17) is 0 Å². The van der Waals surface area contributed by atoms with Gasteiger partial charge in [-0.25, -0.2) is 0 Å². The maximum atomic E-state index is 9.19. The first-order valence-corrected chi connectivity index (χ1v) is 13.7. The van der Waals surface area contributed by atoms with Crippen LogP contribution in [-0.2, 0) is 8.96 Å². The normalized spacial score (nSPS) is 14.6. The number of nitrogens with one attached hydrogen (secondary N) is 1. The number of benzene rings is 3. The van der Waals surface area contributed by atoms with Crippen LogP contribution in [0.3, 0.4) is 0 Å². The summed E-state index contributed by atoms with van der Waals surface area (Å²) in [4.78, 5) is 2.34. The van der Waals surface area contributed by atoms with Crippen LogP contribution >= 0.6 is 11.8 Å². The summed E-state index contributed by atoms with van der Waals surface area (Å²) in [6.45, 7) is 0. The highest BCUT2D eigenvalue weighted by Crippen LogP contribution is 2.53. The van der Waals surface area contributed by atoms with Crippen LogP contribution in [0.5, 0.6) is 0 Å². The molecular weight excluding hydrogens is 380 g/mol. The van der Waals surface area contributed by atoms with E-state index < -0.39 is 8.96 Å². The summed E-state index contributed by atoms with van der Waals surface area (Å²) < 4.78 is 10.4. The molecule has 28 heavy (non-hydrogen) atoms. The molecule has 3 aromatic carbocycles. The predicted octanol–water partition coefficient (Wildman–Crippen LogP) is 6.89. The molecule has 1 aliphatic rings. The highest BCUT2D eigenvalue weighted by Gasteiger charge is 2.33. The van der Waals surface area contributed by atoms with Crippen LogP contribution in [0.2, 0.25) is 0 Å². The van der Waals surface area contributed by atoms with Crippen molar-refractivity contribution >= 4 is 43.4 Å². The summed E-state index contributed by atoms with van der Waals surface area (Å²) in [6, 6.07) is 27.7. The molecule has 0 atom stereocenters. The third-order valence-electron chi connectivity index (χ3n) is 4.88. The van der Waals surface area contributed by atoms with E-state index in [-0.39, 0.29) is 0 Å². The van der Waals surface area contributed by atoms with Gasteiger partial charge < -0.3 is 4.90 Å². The van der Waals surface area contributed by atoms with Gasteiger partial charge in [-0.15, -0.1) is 11.8 Å². The number of hydrogen-bond acceptors (Lipinski definition) is 3. The molecule has 2 nitrogen and oxygen atoms in total. The predicted molar refractivity (Wildman–Crippen MR) is 129 cm³/mol. The van der Waals surface area contributed by atoms with Gasteiger partial charge in [0.25, 0.3) is 0 Å². The Bertz CT molecular complexity index is 1080. The van der Waals surface area contributed by atoms with Crippen LogP contribution < -0.4 is 4.90 Å². The molecule has 1 aliphatic heterocycles. The van der Waals surface area contributed by atoms with Crippen molar-refractivity contribution in [1.82, 2.24) is 0 Å². The van der Waals surface area contributed by atoms with E-state index in [0.29, 0.717) is 0 Å². The van der Waals surface area contributed by atoms with E-state index in [1.807, 2.05) is 0 Å². The van der Waals surface area contributed by atoms with Crippen LogP contribution in [0, 0.1) is 4.78 Å². The van der Waals surface area contributed by atoms with Gasteiger partial charge in [0, 0.05) is 26.6 Å². The lowest BCUT2D eigenvalue weighted by Crippen LogP contribution is -2.28. The quantitative estimate of drug-likeness (QED) is 0.401. The number of para-hydroxylation sites is 3. The van der Waals surface area contributed by atoms with Crippen LogP contribution in [0.15, 0.2) is 83.1 Å². The van der Waals surface area contributed by atoms with Crippen molar-refractivity contribution in [3.05, 3.63) is 94.2 Å². The molecule has 0 fully saturated rings. The molecule has 4 heteroatoms. The van der Waals surface area contributed by atoms with E-state index in [0.717, 1.165) is 5.69 Å². The van der Waals surface area contributed by atoms with Crippen molar-refractivity contribution < 1.29 is 0 Å². The Morgan fingerprint density at radius 3 is 1.68 bits per heavy atom. The molecule has 0 saturated heterocycles. The van der Waals surface area contributed by atoms with Gasteiger partial charge in [-0.1, -0.05) is 54.6 Å². The van der Waals surface area contributed by atoms with Crippen molar-refractivity contribution in [1.29, 1.82) is 4.78 Å². The maximum Gasteiger partial charge on any atom is 0.0541 e. The molecule has 1 heterocycles. The molecule has 0 aliphatic carbocycles. The smallest absolute Gasteiger partial charge is 0.0541 e. The Morgan fingerprint density at radius 2 is 1.21 bits per heavy atom. The van der Waals surface area contributed by atoms with Gasteiger partial charge in [0.2, 0.25) is 0 Å². The third-order valence-corrected chi connectivity index (χ3v) is 9.21. The van der Waals surface area contributed by atoms with E-state index in [2.05, 4.69) is 109 Å². The monoisotopic (exact) mass is 406 g/mol. The molecule has 0 unspecified atom stereocenters. The summed E-state index contributed by atoms with van der Waals surface area (Å²) in [5.41, 5.74) is 7.12. The zero-order valence-electron chi connectivity index (χ0n) is 16.8. The minimum Gasteiger partial charge on any atom is -0.309 e. The molecule has 0 aromatic heterocycles. The fourth-order valence-corrected chi connectivity index (χ4v) is 7.55. The summed E-state index contributed by atoms with van der Waals surface area (Å²) in [5, 5.41) is 0. The molecule has 0 radical (unpaired) electrons. The Balaban J connectivity index is 2.13. The topological polar surface area (TPSA) is 27.1 Å². The minimum absolute atomic E-state index is 1.15. The maximum absolute atomic E-state index is 9.19. The number of nitrogens with zero attached hydrogens (tertiary/aromatic N) is 1. The highest BCUT2D eigenvalue weighted by atomic mass is 32.3. The summed E-state index contributed by atoms with van der Waals surface area (Å²) in [5.74, 6) is 0. The van der Waals surface area contributed by atoms with Crippen molar-refractivity contribution in [2.75, 3.05) is 29.9 Å². The third kappa shape index (κ3) is 3.21. The SMILES string of the molecule is CSC(=C1c2ccccc2N(c2ccccc2)c2ccccc21)S(C)(C)(C)=N. The lowest BCUT2D eigenvalue weighted by molar-refractivity contribution is 1.24. The number of rotatable bonds is 3. The second kappa shape index (κ2) is 6.64. The number of fused-ring (bicyclic) bond motifs is 2. The van der Waals surface area contributed by atoms with Crippen molar-refractivity contribution in [2.45, 2.75) is 0 Å². The number of thioether (sulfide) groups is 1. The second-order valence-electron chi connectivity index (χ2n) is 8.12. The Hall–Kier alpha value is -2.30. The highest BCUT2D eigenvalue weighted by molar-refractivity contribution is 8.33. The minimum atomic E-state index is -2.44. The molecule has 144 valence electrons. The van der Waals surface area contributed by atoms with Crippen molar-refractivity contribution in [2.24, 2.45) is 0 Å². The fourth-order valence-electron chi connectivity index (χ4n) is 3.86. The van der Waals surface area contributed by atoms with Crippen molar-refractivity contribution in [3.8, 4) is 0 Å².